The van der Waals surface area contributed by atoms with Crippen LogP contribution in [0.3, 0.4) is 0 Å². The molecule has 0 bridgehead atoms. The fourth-order valence-corrected chi connectivity index (χ4v) is 6.56. The number of nitriles is 1. The summed E-state index contributed by atoms with van der Waals surface area (Å²) in [5.41, 5.74) is 2.65. The summed E-state index contributed by atoms with van der Waals surface area (Å²) in [4.78, 5) is 2.74. The van der Waals surface area contributed by atoms with Gasteiger partial charge in [0.05, 0.1) is 52.3 Å². The number of nitrogens with zero attached hydrogens (tertiary/aromatic N) is 2. The van der Waals surface area contributed by atoms with Crippen LogP contribution in [0.25, 0.3) is 15.7 Å². The Hall–Kier alpha value is -3.29. The van der Waals surface area contributed by atoms with Gasteiger partial charge in [-0.3, -0.25) is 0 Å². The Morgan fingerprint density at radius 1 is 1.32 bits per heavy atom. The number of rotatable bonds is 7. The van der Waals surface area contributed by atoms with E-state index in [1.165, 1.54) is 11.3 Å². The third kappa shape index (κ3) is 6.05. The van der Waals surface area contributed by atoms with Gasteiger partial charge >= 0.3 is 0 Å². The van der Waals surface area contributed by atoms with Gasteiger partial charge in [0.15, 0.2) is 0 Å². The van der Waals surface area contributed by atoms with E-state index in [0.29, 0.717) is 36.4 Å². The van der Waals surface area contributed by atoms with Crippen LogP contribution in [0.15, 0.2) is 43.0 Å². The van der Waals surface area contributed by atoms with Crippen molar-refractivity contribution < 1.29 is 13.7 Å². The minimum absolute atomic E-state index is 0.268. The minimum Gasteiger partial charge on any atom is -0.495 e. The van der Waals surface area contributed by atoms with Gasteiger partial charge in [-0.15, -0.1) is 11.3 Å². The lowest BCUT2D eigenvalue weighted by Crippen LogP contribution is -2.46. The maximum atomic E-state index is 14.7. The highest BCUT2D eigenvalue weighted by atomic mass is 32.1. The normalized spacial score (nSPS) is 17.8. The van der Waals surface area contributed by atoms with E-state index in [1.54, 1.807) is 26.5 Å². The van der Waals surface area contributed by atoms with Crippen molar-refractivity contribution >= 4 is 50.8 Å². The summed E-state index contributed by atoms with van der Waals surface area (Å²) in [6, 6.07) is 13.2. The summed E-state index contributed by atoms with van der Waals surface area (Å²) in [6.07, 6.45) is -0.246. The van der Waals surface area contributed by atoms with E-state index >= 15 is 0 Å². The second-order valence-corrected chi connectivity index (χ2v) is 14.0. The topological polar surface area (TPSA) is 77.4 Å². The molecule has 1 unspecified atom stereocenters. The molecule has 0 radical (unpaired) electrons. The number of piperidine rings is 1. The van der Waals surface area contributed by atoms with Crippen molar-refractivity contribution in [2.45, 2.75) is 18.6 Å². The second kappa shape index (κ2) is 11.6. The molecule has 0 aliphatic carbocycles. The molecule has 1 saturated heterocycles. The fourth-order valence-electron chi connectivity index (χ4n) is 4.52. The Kier molecular flexibility index (Phi) is 8.48. The zero-order valence-electron chi connectivity index (χ0n) is 22.1. The first-order chi connectivity index (χ1) is 18.1. The van der Waals surface area contributed by atoms with E-state index < -0.39 is 13.3 Å². The standard InChI is InChI=1S/C29H32FN4O2PS/c1-19(17-31)28-21-8-6-9-25(33-23-13-15-34(2)18-22(23)30)29(21)38-27(28)10-7-14-32-24-12-11-20(37(4,5)35)16-26(24)36-3/h6,8-9,11-12,16,22-23,32-33H,1,13-15,18H2,2-5H3/t22-,23?/m1/s1. The lowest BCUT2D eigenvalue weighted by atomic mass is 10.0. The van der Waals surface area contributed by atoms with Crippen LogP contribution in [0.2, 0.25) is 0 Å². The van der Waals surface area contributed by atoms with Crippen molar-refractivity contribution in [3.05, 3.63) is 53.4 Å². The average Bonchev–Trinajstić information content (AvgIpc) is 3.26. The number of likely N-dealkylation sites (tertiary alicyclic amines) is 1. The monoisotopic (exact) mass is 550 g/mol. The van der Waals surface area contributed by atoms with Crippen molar-refractivity contribution in [1.29, 1.82) is 5.26 Å². The molecule has 1 aliphatic heterocycles. The highest BCUT2D eigenvalue weighted by Gasteiger charge is 2.28. The third-order valence-electron chi connectivity index (χ3n) is 6.61. The molecule has 2 N–H and O–H groups in total. The summed E-state index contributed by atoms with van der Waals surface area (Å²) in [6.45, 7) is 8.98. The van der Waals surface area contributed by atoms with E-state index in [0.717, 1.165) is 38.2 Å². The SMILES string of the molecule is C=C(C#N)c1c(C#CCNc2ccc(P(C)(C)=O)cc2OC)sc2c(NC3CCN(C)C[C@H]3F)cccc12. The van der Waals surface area contributed by atoms with Gasteiger partial charge in [0.2, 0.25) is 0 Å². The van der Waals surface area contributed by atoms with Gasteiger partial charge in [0.25, 0.3) is 0 Å². The number of hydrogen-bond donors (Lipinski definition) is 2. The van der Waals surface area contributed by atoms with Gasteiger partial charge < -0.3 is 24.8 Å². The second-order valence-electron chi connectivity index (χ2n) is 9.79. The first-order valence-corrected chi connectivity index (χ1v) is 15.7. The number of hydrogen-bond acceptors (Lipinski definition) is 7. The molecule has 2 heterocycles. The van der Waals surface area contributed by atoms with E-state index in [1.807, 2.05) is 42.3 Å². The van der Waals surface area contributed by atoms with Crippen LogP contribution in [0.1, 0.15) is 16.9 Å². The molecule has 1 fully saturated rings. The van der Waals surface area contributed by atoms with Crippen molar-refractivity contribution in [2.24, 2.45) is 0 Å². The molecule has 0 saturated carbocycles. The summed E-state index contributed by atoms with van der Waals surface area (Å²) < 4.78 is 33.5. The van der Waals surface area contributed by atoms with E-state index in [9.17, 15) is 14.2 Å². The van der Waals surface area contributed by atoms with Gasteiger partial charge in [0, 0.05) is 29.3 Å². The summed E-state index contributed by atoms with van der Waals surface area (Å²) >= 11 is 1.48. The number of fused-ring (bicyclic) bond motifs is 1. The Morgan fingerprint density at radius 2 is 2.11 bits per heavy atom. The molecule has 198 valence electrons. The summed E-state index contributed by atoms with van der Waals surface area (Å²) in [5.74, 6) is 6.95. The molecular formula is C29H32FN4O2PS. The molecule has 6 nitrogen and oxygen atoms in total. The van der Waals surface area contributed by atoms with Crippen molar-refractivity contribution in [3.8, 4) is 23.7 Å². The quantitative estimate of drug-likeness (QED) is 0.226. The van der Waals surface area contributed by atoms with Crippen LogP contribution in [0, 0.1) is 23.2 Å². The number of alkyl halides is 1. The van der Waals surface area contributed by atoms with Gasteiger partial charge in [-0.05, 0) is 51.1 Å². The largest absolute Gasteiger partial charge is 0.495 e. The van der Waals surface area contributed by atoms with Crippen molar-refractivity contribution in [3.63, 3.8) is 0 Å². The Balaban J connectivity index is 1.60. The number of methoxy groups -OCH3 is 1. The first kappa shape index (κ1) is 27.7. The molecule has 0 spiro atoms. The number of nitrogens with one attached hydrogen (secondary N) is 2. The van der Waals surface area contributed by atoms with E-state index in [-0.39, 0.29) is 6.04 Å². The van der Waals surface area contributed by atoms with Gasteiger partial charge in [-0.2, -0.15) is 5.26 Å². The molecule has 2 aromatic carbocycles. The number of allylic oxidation sites excluding steroid dienone is 1. The minimum atomic E-state index is -2.40. The zero-order valence-corrected chi connectivity index (χ0v) is 23.8. The fraction of sp³-hybridized carbons (Fsp3) is 0.345. The smallest absolute Gasteiger partial charge is 0.142 e. The molecule has 9 heteroatoms. The predicted molar refractivity (Wildman–Crippen MR) is 158 cm³/mol. The molecule has 1 aromatic heterocycles. The van der Waals surface area contributed by atoms with Gasteiger partial charge in [0.1, 0.15) is 19.1 Å². The van der Waals surface area contributed by atoms with Crippen molar-refractivity contribution in [1.82, 2.24) is 4.90 Å². The molecule has 0 amide bonds. The van der Waals surface area contributed by atoms with Crippen LogP contribution in [0.4, 0.5) is 15.8 Å². The summed E-state index contributed by atoms with van der Waals surface area (Å²) in [7, 11) is 1.11. The first-order valence-electron chi connectivity index (χ1n) is 12.3. The Morgan fingerprint density at radius 3 is 2.79 bits per heavy atom. The lowest BCUT2D eigenvalue weighted by molar-refractivity contribution is 0.149. The average molecular weight is 551 g/mol. The van der Waals surface area contributed by atoms with Gasteiger partial charge in [-0.25, -0.2) is 4.39 Å². The summed E-state index contributed by atoms with van der Waals surface area (Å²) in [5, 5.41) is 17.9. The Labute approximate surface area is 227 Å². The van der Waals surface area contributed by atoms with E-state index in [4.69, 9.17) is 4.74 Å². The third-order valence-corrected chi connectivity index (χ3v) is 9.29. The molecule has 4 rings (SSSR count). The van der Waals surface area contributed by atoms with Crippen LogP contribution in [0.5, 0.6) is 5.75 Å². The molecule has 1 aliphatic rings. The maximum absolute atomic E-state index is 14.7. The predicted octanol–water partition coefficient (Wildman–Crippen LogP) is 5.61. The van der Waals surface area contributed by atoms with Crippen LogP contribution in [-0.4, -0.2) is 64.2 Å². The van der Waals surface area contributed by atoms with Crippen molar-refractivity contribution in [2.75, 3.05) is 57.8 Å². The van der Waals surface area contributed by atoms with Crippen LogP contribution >= 0.6 is 18.5 Å². The highest BCUT2D eigenvalue weighted by molar-refractivity contribution is 7.70. The lowest BCUT2D eigenvalue weighted by Gasteiger charge is -2.33. The molecular weight excluding hydrogens is 518 g/mol. The highest BCUT2D eigenvalue weighted by Crippen LogP contribution is 2.40. The van der Waals surface area contributed by atoms with Crippen LogP contribution < -0.4 is 20.7 Å². The number of thiophene rings is 1. The number of halogens is 1. The van der Waals surface area contributed by atoms with Crippen LogP contribution in [-0.2, 0) is 4.57 Å². The molecule has 3 aromatic rings. The molecule has 2 atom stereocenters. The number of anilines is 2. The number of benzene rings is 2. The Bertz CT molecular complexity index is 1510. The zero-order chi connectivity index (χ0) is 27.4. The van der Waals surface area contributed by atoms with E-state index in [2.05, 4.69) is 35.1 Å². The molecule has 38 heavy (non-hydrogen) atoms. The maximum Gasteiger partial charge on any atom is 0.142 e. The van der Waals surface area contributed by atoms with Gasteiger partial charge in [-0.1, -0.05) is 30.6 Å². The number of ether oxygens (including phenoxy) is 1.